The maximum Gasteiger partial charge on any atom is 0.220 e. The zero-order chi connectivity index (χ0) is 28.8. The van der Waals surface area contributed by atoms with Crippen LogP contribution in [-0.4, -0.2) is 46.1 Å². The molecule has 3 atom stereocenters. The standard InChI is InChI=1S/C34H67NO4/c1-3-5-7-9-11-13-15-16-17-18-19-20-22-24-26-28-32(37)34(39)31(30-36)35-33(38)29-27-25-23-21-14-12-10-8-6-4-2/h10,12,31-32,34,36-37,39H,3-9,11,13-30H2,1-2H3,(H,35,38)/b12-10-. The minimum Gasteiger partial charge on any atom is -0.394 e. The van der Waals surface area contributed by atoms with Gasteiger partial charge >= 0.3 is 0 Å². The third-order valence-corrected chi connectivity index (χ3v) is 7.87. The van der Waals surface area contributed by atoms with Gasteiger partial charge in [-0.2, -0.15) is 0 Å². The average molecular weight is 554 g/mol. The Balaban J connectivity index is 3.71. The molecule has 232 valence electrons. The van der Waals surface area contributed by atoms with Crippen molar-refractivity contribution in [2.45, 2.75) is 193 Å². The molecule has 0 aromatic carbocycles. The molecule has 0 spiro atoms. The minimum atomic E-state index is -1.13. The van der Waals surface area contributed by atoms with Crippen molar-refractivity contribution in [3.8, 4) is 0 Å². The zero-order valence-corrected chi connectivity index (χ0v) is 26.0. The number of hydrogen-bond donors (Lipinski definition) is 4. The number of allylic oxidation sites excluding steroid dienone is 2. The van der Waals surface area contributed by atoms with E-state index in [1.54, 1.807) is 0 Å². The number of nitrogens with one attached hydrogen (secondary N) is 1. The maximum absolute atomic E-state index is 12.3. The number of aliphatic hydroxyl groups is 3. The summed E-state index contributed by atoms with van der Waals surface area (Å²) >= 11 is 0. The summed E-state index contributed by atoms with van der Waals surface area (Å²) in [5.74, 6) is -0.160. The van der Waals surface area contributed by atoms with E-state index in [0.29, 0.717) is 12.8 Å². The fraction of sp³-hybridized carbons (Fsp3) is 0.912. The molecule has 0 radical (unpaired) electrons. The first-order valence-corrected chi connectivity index (χ1v) is 17.0. The molecule has 39 heavy (non-hydrogen) atoms. The third-order valence-electron chi connectivity index (χ3n) is 7.87. The maximum atomic E-state index is 12.3. The molecule has 0 aromatic heterocycles. The summed E-state index contributed by atoms with van der Waals surface area (Å²) in [4.78, 5) is 12.3. The minimum absolute atomic E-state index is 0.160. The van der Waals surface area contributed by atoms with Crippen LogP contribution in [0.5, 0.6) is 0 Å². The quantitative estimate of drug-likeness (QED) is 0.0530. The molecular weight excluding hydrogens is 486 g/mol. The van der Waals surface area contributed by atoms with Crippen LogP contribution in [0.3, 0.4) is 0 Å². The van der Waals surface area contributed by atoms with Crippen molar-refractivity contribution in [1.82, 2.24) is 5.32 Å². The number of amides is 1. The number of unbranched alkanes of at least 4 members (excludes halogenated alkanes) is 20. The lowest BCUT2D eigenvalue weighted by Gasteiger charge is -2.26. The fourth-order valence-electron chi connectivity index (χ4n) is 5.14. The third kappa shape index (κ3) is 25.8. The van der Waals surface area contributed by atoms with Gasteiger partial charge in [0.2, 0.25) is 5.91 Å². The summed E-state index contributed by atoms with van der Waals surface area (Å²) in [6.45, 7) is 4.11. The van der Waals surface area contributed by atoms with Crippen LogP contribution in [0.15, 0.2) is 12.2 Å². The van der Waals surface area contributed by atoms with Crippen LogP contribution in [0.2, 0.25) is 0 Å². The molecule has 0 bridgehead atoms. The Labute approximate surface area is 242 Å². The molecular formula is C34H67NO4. The van der Waals surface area contributed by atoms with Crippen LogP contribution < -0.4 is 5.32 Å². The highest BCUT2D eigenvalue weighted by Crippen LogP contribution is 2.15. The fourth-order valence-corrected chi connectivity index (χ4v) is 5.14. The number of carbonyl (C=O) groups excluding carboxylic acids is 1. The van der Waals surface area contributed by atoms with Crippen LogP contribution in [0.1, 0.15) is 174 Å². The Bertz CT molecular complexity index is 539. The van der Waals surface area contributed by atoms with E-state index < -0.39 is 18.2 Å². The Kier molecular flexibility index (Phi) is 29.4. The molecule has 0 aliphatic rings. The highest BCUT2D eigenvalue weighted by molar-refractivity contribution is 5.76. The van der Waals surface area contributed by atoms with E-state index in [0.717, 1.165) is 51.4 Å². The van der Waals surface area contributed by atoms with Gasteiger partial charge in [0.05, 0.1) is 18.8 Å². The van der Waals surface area contributed by atoms with Gasteiger partial charge in [-0.1, -0.05) is 148 Å². The molecule has 0 saturated carbocycles. The van der Waals surface area contributed by atoms with E-state index >= 15 is 0 Å². The van der Waals surface area contributed by atoms with Crippen molar-refractivity contribution < 1.29 is 20.1 Å². The molecule has 0 fully saturated rings. The van der Waals surface area contributed by atoms with Crippen LogP contribution >= 0.6 is 0 Å². The number of hydrogen-bond acceptors (Lipinski definition) is 4. The summed E-state index contributed by atoms with van der Waals surface area (Å²) in [5, 5.41) is 33.2. The van der Waals surface area contributed by atoms with Gasteiger partial charge in [-0.15, -0.1) is 0 Å². The van der Waals surface area contributed by atoms with E-state index in [1.807, 2.05) is 0 Å². The van der Waals surface area contributed by atoms with Crippen LogP contribution in [0.4, 0.5) is 0 Å². The van der Waals surface area contributed by atoms with Crippen molar-refractivity contribution in [3.63, 3.8) is 0 Å². The second kappa shape index (κ2) is 30.1. The number of rotatable bonds is 30. The molecule has 4 N–H and O–H groups in total. The smallest absolute Gasteiger partial charge is 0.220 e. The van der Waals surface area contributed by atoms with Crippen LogP contribution in [0.25, 0.3) is 0 Å². The van der Waals surface area contributed by atoms with E-state index in [9.17, 15) is 20.1 Å². The average Bonchev–Trinajstić information content (AvgIpc) is 2.94. The van der Waals surface area contributed by atoms with Crippen LogP contribution in [-0.2, 0) is 4.79 Å². The zero-order valence-electron chi connectivity index (χ0n) is 26.0. The molecule has 5 nitrogen and oxygen atoms in total. The molecule has 0 aliphatic heterocycles. The highest BCUT2D eigenvalue weighted by Gasteiger charge is 2.26. The molecule has 0 heterocycles. The Hall–Kier alpha value is -0.910. The van der Waals surface area contributed by atoms with Gasteiger partial charge in [0.15, 0.2) is 0 Å². The second-order valence-corrected chi connectivity index (χ2v) is 11.7. The van der Waals surface area contributed by atoms with Gasteiger partial charge in [-0.3, -0.25) is 4.79 Å². The van der Waals surface area contributed by atoms with Crippen molar-refractivity contribution in [2.75, 3.05) is 6.61 Å². The lowest BCUT2D eigenvalue weighted by atomic mass is 9.99. The molecule has 1 amide bonds. The number of aliphatic hydroxyl groups excluding tert-OH is 3. The SMILES string of the molecule is CCCC/C=C\CCCCCCC(=O)NC(CO)C(O)C(O)CCCCCCCCCCCCCCCCC. The Morgan fingerprint density at radius 3 is 1.56 bits per heavy atom. The topological polar surface area (TPSA) is 89.8 Å². The molecule has 0 rings (SSSR count). The Morgan fingerprint density at radius 1 is 0.615 bits per heavy atom. The predicted molar refractivity (Wildman–Crippen MR) is 167 cm³/mol. The van der Waals surface area contributed by atoms with E-state index in [4.69, 9.17) is 0 Å². The van der Waals surface area contributed by atoms with E-state index in [2.05, 4.69) is 31.3 Å². The summed E-state index contributed by atoms with van der Waals surface area (Å²) in [7, 11) is 0. The molecule has 5 heteroatoms. The number of carbonyl (C=O) groups is 1. The summed E-state index contributed by atoms with van der Waals surface area (Å²) in [6.07, 6.45) is 31.6. The monoisotopic (exact) mass is 554 g/mol. The van der Waals surface area contributed by atoms with Crippen LogP contribution in [0, 0.1) is 0 Å². The van der Waals surface area contributed by atoms with Gasteiger partial charge in [-0.05, 0) is 32.1 Å². The summed E-state index contributed by atoms with van der Waals surface area (Å²) < 4.78 is 0. The van der Waals surface area contributed by atoms with Crippen molar-refractivity contribution in [3.05, 3.63) is 12.2 Å². The predicted octanol–water partition coefficient (Wildman–Crippen LogP) is 8.53. The van der Waals surface area contributed by atoms with Crippen molar-refractivity contribution in [1.29, 1.82) is 0 Å². The van der Waals surface area contributed by atoms with Gasteiger partial charge in [0.25, 0.3) is 0 Å². The molecule has 0 aromatic rings. The normalized spacial score (nSPS) is 14.1. The lowest BCUT2D eigenvalue weighted by Crippen LogP contribution is -2.50. The van der Waals surface area contributed by atoms with Crippen molar-refractivity contribution >= 4 is 5.91 Å². The Morgan fingerprint density at radius 2 is 1.05 bits per heavy atom. The summed E-state index contributed by atoms with van der Waals surface area (Å²) in [5.41, 5.74) is 0. The van der Waals surface area contributed by atoms with Gasteiger partial charge in [0, 0.05) is 6.42 Å². The first-order chi connectivity index (χ1) is 19.1. The first-order valence-electron chi connectivity index (χ1n) is 17.0. The highest BCUT2D eigenvalue weighted by atomic mass is 16.3. The molecule has 0 saturated heterocycles. The lowest BCUT2D eigenvalue weighted by molar-refractivity contribution is -0.124. The second-order valence-electron chi connectivity index (χ2n) is 11.7. The van der Waals surface area contributed by atoms with Gasteiger partial charge in [0.1, 0.15) is 6.10 Å². The molecule has 0 aliphatic carbocycles. The van der Waals surface area contributed by atoms with Gasteiger partial charge < -0.3 is 20.6 Å². The molecule has 3 unspecified atom stereocenters. The first kappa shape index (κ1) is 38.1. The van der Waals surface area contributed by atoms with Crippen molar-refractivity contribution in [2.24, 2.45) is 0 Å². The summed E-state index contributed by atoms with van der Waals surface area (Å²) in [6, 6.07) is -0.808. The van der Waals surface area contributed by atoms with E-state index in [-0.39, 0.29) is 12.5 Å². The largest absolute Gasteiger partial charge is 0.394 e. The van der Waals surface area contributed by atoms with E-state index in [1.165, 1.54) is 96.3 Å². The van der Waals surface area contributed by atoms with Gasteiger partial charge in [-0.25, -0.2) is 0 Å².